The molecule has 0 spiro atoms. The molecule has 0 fully saturated rings. The van der Waals surface area contributed by atoms with Crippen molar-refractivity contribution in [1.82, 2.24) is 10.3 Å². The van der Waals surface area contributed by atoms with Gasteiger partial charge in [0.05, 0.1) is 0 Å². The Kier molecular flexibility index (Phi) is 4.66. The zero-order valence-corrected chi connectivity index (χ0v) is 11.7. The van der Waals surface area contributed by atoms with E-state index in [2.05, 4.69) is 17.2 Å². The Hall–Kier alpha value is -2.69. The first kappa shape index (κ1) is 14.7. The number of carboxylic acid groups (broad SMARTS) is 1. The Balaban J connectivity index is 2.00. The first-order valence-electron chi connectivity index (χ1n) is 6.65. The second kappa shape index (κ2) is 6.65. The van der Waals surface area contributed by atoms with Crippen molar-refractivity contribution in [2.75, 3.05) is 0 Å². The predicted molar refractivity (Wildman–Crippen MR) is 78.2 cm³/mol. The summed E-state index contributed by atoms with van der Waals surface area (Å²) in [6.07, 6.45) is 2.29. The number of aromatic carboxylic acids is 1. The van der Waals surface area contributed by atoms with Gasteiger partial charge >= 0.3 is 5.97 Å². The number of carboxylic acids is 1. The van der Waals surface area contributed by atoms with Crippen molar-refractivity contribution in [1.29, 1.82) is 0 Å². The third kappa shape index (κ3) is 3.89. The molecule has 0 atom stereocenters. The Morgan fingerprint density at radius 2 is 1.81 bits per heavy atom. The van der Waals surface area contributed by atoms with E-state index in [1.807, 2.05) is 24.3 Å². The van der Waals surface area contributed by atoms with Gasteiger partial charge in [-0.15, -0.1) is 0 Å². The highest BCUT2D eigenvalue weighted by Crippen LogP contribution is 2.06. The van der Waals surface area contributed by atoms with E-state index < -0.39 is 5.97 Å². The molecule has 0 saturated carbocycles. The summed E-state index contributed by atoms with van der Waals surface area (Å²) in [6.45, 7) is 2.48. The maximum absolute atomic E-state index is 12.0. The summed E-state index contributed by atoms with van der Waals surface area (Å²) in [7, 11) is 0. The molecule has 0 aliphatic carbocycles. The molecule has 1 amide bonds. The molecule has 1 aromatic carbocycles. The number of hydrogen-bond acceptors (Lipinski definition) is 3. The monoisotopic (exact) mass is 284 g/mol. The molecule has 21 heavy (non-hydrogen) atoms. The number of aromatic nitrogens is 1. The van der Waals surface area contributed by atoms with Crippen LogP contribution >= 0.6 is 0 Å². The average molecular weight is 284 g/mol. The van der Waals surface area contributed by atoms with Gasteiger partial charge in [-0.1, -0.05) is 31.2 Å². The number of nitrogens with one attached hydrogen (secondary N) is 1. The quantitative estimate of drug-likeness (QED) is 0.882. The minimum atomic E-state index is -1.15. The van der Waals surface area contributed by atoms with E-state index >= 15 is 0 Å². The van der Waals surface area contributed by atoms with E-state index in [0.717, 1.165) is 12.0 Å². The zero-order chi connectivity index (χ0) is 15.2. The number of nitrogens with zero attached hydrogens (tertiary/aromatic N) is 1. The Morgan fingerprint density at radius 3 is 2.43 bits per heavy atom. The van der Waals surface area contributed by atoms with E-state index in [1.165, 1.54) is 23.9 Å². The van der Waals surface area contributed by atoms with Gasteiger partial charge in [0.25, 0.3) is 5.91 Å². The van der Waals surface area contributed by atoms with Gasteiger partial charge in [-0.2, -0.15) is 0 Å². The maximum Gasteiger partial charge on any atom is 0.354 e. The van der Waals surface area contributed by atoms with E-state index in [4.69, 9.17) is 5.11 Å². The molecule has 0 radical (unpaired) electrons. The second-order valence-corrected chi connectivity index (χ2v) is 4.59. The van der Waals surface area contributed by atoms with Crippen LogP contribution in [0, 0.1) is 0 Å². The van der Waals surface area contributed by atoms with Crippen LogP contribution in [0.2, 0.25) is 0 Å². The van der Waals surface area contributed by atoms with Gasteiger partial charge in [-0.25, -0.2) is 9.78 Å². The van der Waals surface area contributed by atoms with Crippen molar-refractivity contribution in [2.45, 2.75) is 19.9 Å². The SMILES string of the molecule is CCc1ccc(CNC(=O)c2ccnc(C(=O)O)c2)cc1. The highest BCUT2D eigenvalue weighted by Gasteiger charge is 2.10. The number of pyridine rings is 1. The van der Waals surface area contributed by atoms with Crippen LogP contribution in [0.25, 0.3) is 0 Å². The highest BCUT2D eigenvalue weighted by molar-refractivity contribution is 5.96. The van der Waals surface area contributed by atoms with Gasteiger partial charge in [-0.3, -0.25) is 4.79 Å². The molecular weight excluding hydrogens is 268 g/mol. The Labute approximate surface area is 122 Å². The molecule has 2 aromatic rings. The summed E-state index contributed by atoms with van der Waals surface area (Å²) in [4.78, 5) is 26.5. The molecule has 0 unspecified atom stereocenters. The number of rotatable bonds is 5. The van der Waals surface area contributed by atoms with Crippen molar-refractivity contribution in [2.24, 2.45) is 0 Å². The first-order valence-corrected chi connectivity index (χ1v) is 6.65. The van der Waals surface area contributed by atoms with Crippen molar-refractivity contribution >= 4 is 11.9 Å². The summed E-state index contributed by atoms with van der Waals surface area (Å²) < 4.78 is 0. The van der Waals surface area contributed by atoms with Crippen LogP contribution in [0.3, 0.4) is 0 Å². The van der Waals surface area contributed by atoms with Crippen LogP contribution in [0.5, 0.6) is 0 Å². The van der Waals surface area contributed by atoms with Crippen molar-refractivity contribution in [3.63, 3.8) is 0 Å². The van der Waals surface area contributed by atoms with E-state index in [1.54, 1.807) is 0 Å². The molecule has 2 N–H and O–H groups in total. The largest absolute Gasteiger partial charge is 0.477 e. The minimum Gasteiger partial charge on any atom is -0.477 e. The normalized spacial score (nSPS) is 10.1. The fraction of sp³-hybridized carbons (Fsp3) is 0.188. The topological polar surface area (TPSA) is 79.3 Å². The molecule has 5 heteroatoms. The number of carbonyl (C=O) groups is 2. The van der Waals surface area contributed by atoms with E-state index in [9.17, 15) is 9.59 Å². The molecule has 0 bridgehead atoms. The molecular formula is C16H16N2O3. The lowest BCUT2D eigenvalue weighted by molar-refractivity contribution is 0.0690. The molecule has 0 aliphatic heterocycles. The Bertz CT molecular complexity index is 651. The van der Waals surface area contributed by atoms with Gasteiger partial charge in [0.1, 0.15) is 5.69 Å². The van der Waals surface area contributed by atoms with Gasteiger partial charge in [-0.05, 0) is 29.7 Å². The summed E-state index contributed by atoms with van der Waals surface area (Å²) in [5.74, 6) is -1.47. The lowest BCUT2D eigenvalue weighted by Crippen LogP contribution is -2.23. The predicted octanol–water partition coefficient (Wildman–Crippen LogP) is 2.27. The molecule has 0 saturated heterocycles. The van der Waals surface area contributed by atoms with Crippen LogP contribution < -0.4 is 5.32 Å². The molecule has 1 aromatic heterocycles. The highest BCUT2D eigenvalue weighted by atomic mass is 16.4. The summed E-state index contributed by atoms with van der Waals surface area (Å²) in [5.41, 5.74) is 2.38. The summed E-state index contributed by atoms with van der Waals surface area (Å²) >= 11 is 0. The van der Waals surface area contributed by atoms with Crippen LogP contribution in [-0.4, -0.2) is 22.0 Å². The number of amides is 1. The molecule has 5 nitrogen and oxygen atoms in total. The average Bonchev–Trinajstić information content (AvgIpc) is 2.53. The first-order chi connectivity index (χ1) is 10.1. The van der Waals surface area contributed by atoms with Gasteiger partial charge in [0.2, 0.25) is 0 Å². The third-order valence-electron chi connectivity index (χ3n) is 3.13. The van der Waals surface area contributed by atoms with Gasteiger partial charge in [0, 0.05) is 18.3 Å². The summed E-state index contributed by atoms with van der Waals surface area (Å²) in [6, 6.07) is 10.7. The maximum atomic E-state index is 12.0. The van der Waals surface area contributed by atoms with Crippen molar-refractivity contribution in [3.05, 3.63) is 65.0 Å². The van der Waals surface area contributed by atoms with Crippen LogP contribution in [0.1, 0.15) is 38.9 Å². The molecule has 2 rings (SSSR count). The smallest absolute Gasteiger partial charge is 0.354 e. The molecule has 1 heterocycles. The number of aryl methyl sites for hydroxylation is 1. The number of benzene rings is 1. The van der Waals surface area contributed by atoms with E-state index in [-0.39, 0.29) is 17.2 Å². The summed E-state index contributed by atoms with van der Waals surface area (Å²) in [5, 5.41) is 11.6. The zero-order valence-electron chi connectivity index (χ0n) is 11.7. The second-order valence-electron chi connectivity index (χ2n) is 4.59. The van der Waals surface area contributed by atoms with Crippen LogP contribution in [-0.2, 0) is 13.0 Å². The standard InChI is InChI=1S/C16H16N2O3/c1-2-11-3-5-12(6-4-11)10-18-15(19)13-7-8-17-14(9-13)16(20)21/h3-9H,2,10H2,1H3,(H,18,19)(H,20,21). The van der Waals surface area contributed by atoms with Crippen molar-refractivity contribution < 1.29 is 14.7 Å². The van der Waals surface area contributed by atoms with Crippen molar-refractivity contribution in [3.8, 4) is 0 Å². The van der Waals surface area contributed by atoms with Gasteiger partial charge < -0.3 is 10.4 Å². The fourth-order valence-electron chi connectivity index (χ4n) is 1.87. The van der Waals surface area contributed by atoms with Crippen LogP contribution in [0.15, 0.2) is 42.6 Å². The van der Waals surface area contributed by atoms with E-state index in [0.29, 0.717) is 6.54 Å². The van der Waals surface area contributed by atoms with Crippen LogP contribution in [0.4, 0.5) is 0 Å². The molecule has 0 aliphatic rings. The number of carbonyl (C=O) groups excluding carboxylic acids is 1. The molecule has 108 valence electrons. The number of hydrogen-bond donors (Lipinski definition) is 2. The third-order valence-corrected chi connectivity index (χ3v) is 3.13. The Morgan fingerprint density at radius 1 is 1.14 bits per heavy atom. The lowest BCUT2D eigenvalue weighted by atomic mass is 10.1. The minimum absolute atomic E-state index is 0.144. The fourth-order valence-corrected chi connectivity index (χ4v) is 1.87. The lowest BCUT2D eigenvalue weighted by Gasteiger charge is -2.06. The van der Waals surface area contributed by atoms with Gasteiger partial charge in [0.15, 0.2) is 0 Å².